The number of nitrogens with zero attached hydrogens (tertiary/aromatic N) is 3. The van der Waals surface area contributed by atoms with E-state index in [0.29, 0.717) is 11.3 Å². The summed E-state index contributed by atoms with van der Waals surface area (Å²) in [6.07, 6.45) is 1.51. The second-order valence-electron chi connectivity index (χ2n) is 5.37. The van der Waals surface area contributed by atoms with Gasteiger partial charge in [-0.15, -0.1) is 0 Å². The van der Waals surface area contributed by atoms with Gasteiger partial charge >= 0.3 is 0 Å². The number of benzene rings is 2. The van der Waals surface area contributed by atoms with Crippen LogP contribution in [-0.2, 0) is 10.0 Å². The van der Waals surface area contributed by atoms with Gasteiger partial charge in [-0.25, -0.2) is 18.2 Å². The molecule has 0 saturated heterocycles. The Morgan fingerprint density at radius 3 is 2.40 bits per heavy atom. The van der Waals surface area contributed by atoms with Gasteiger partial charge in [0.25, 0.3) is 5.69 Å². The zero-order valence-electron chi connectivity index (χ0n) is 13.2. The van der Waals surface area contributed by atoms with Crippen molar-refractivity contribution in [3.8, 4) is 16.8 Å². The van der Waals surface area contributed by atoms with E-state index < -0.39 is 14.9 Å². The van der Waals surface area contributed by atoms with Crippen LogP contribution in [-0.4, -0.2) is 23.1 Å². The molecule has 0 aliphatic rings. The minimum atomic E-state index is -4.15. The van der Waals surface area contributed by atoms with Crippen molar-refractivity contribution < 1.29 is 13.3 Å². The maximum Gasteiger partial charge on any atom is 0.270 e. The van der Waals surface area contributed by atoms with Gasteiger partial charge in [0.05, 0.1) is 21.7 Å². The first kappa shape index (κ1) is 16.8. The molecule has 3 aromatic rings. The lowest BCUT2D eigenvalue weighted by molar-refractivity contribution is -0.385. The van der Waals surface area contributed by atoms with Gasteiger partial charge in [0, 0.05) is 29.0 Å². The molecule has 0 saturated carbocycles. The van der Waals surface area contributed by atoms with Crippen LogP contribution in [0.1, 0.15) is 5.69 Å². The average molecular weight is 358 g/mol. The molecule has 0 bridgehead atoms. The van der Waals surface area contributed by atoms with E-state index in [9.17, 15) is 18.5 Å². The number of sulfonamides is 1. The fourth-order valence-corrected chi connectivity index (χ4v) is 3.36. The molecule has 128 valence electrons. The van der Waals surface area contributed by atoms with Gasteiger partial charge in [0.15, 0.2) is 0 Å². The van der Waals surface area contributed by atoms with Crippen LogP contribution < -0.4 is 5.14 Å². The van der Waals surface area contributed by atoms with Crippen molar-refractivity contribution in [3.05, 3.63) is 70.5 Å². The van der Waals surface area contributed by atoms with Gasteiger partial charge in [0.1, 0.15) is 0 Å². The highest BCUT2D eigenvalue weighted by Crippen LogP contribution is 2.32. The summed E-state index contributed by atoms with van der Waals surface area (Å²) in [5.74, 6) is 0. The Bertz CT molecular complexity index is 1060. The number of hydrogen-bond donors (Lipinski definition) is 1. The summed E-state index contributed by atoms with van der Waals surface area (Å²) in [6, 6.07) is 12.9. The number of rotatable bonds is 4. The second-order valence-corrected chi connectivity index (χ2v) is 6.90. The van der Waals surface area contributed by atoms with Gasteiger partial charge in [-0.05, 0) is 25.1 Å². The molecule has 2 aromatic carbocycles. The van der Waals surface area contributed by atoms with E-state index in [2.05, 4.69) is 5.10 Å². The maximum atomic E-state index is 11.9. The molecule has 0 spiro atoms. The predicted octanol–water partition coefficient (Wildman–Crippen LogP) is 2.40. The Labute approximate surface area is 143 Å². The molecular formula is C16H14N4O4S. The SMILES string of the molecule is Cc1c(-c2ccc([N+](=O)[O-])cc2S(N)(=O)=O)cnn1-c1ccccc1. The van der Waals surface area contributed by atoms with Gasteiger partial charge in [-0.2, -0.15) is 5.10 Å². The highest BCUT2D eigenvalue weighted by atomic mass is 32.2. The minimum absolute atomic E-state index is 0.271. The molecule has 0 radical (unpaired) electrons. The van der Waals surface area contributed by atoms with Crippen LogP contribution in [0.25, 0.3) is 16.8 Å². The largest absolute Gasteiger partial charge is 0.270 e. The standard InChI is InChI=1S/C16H14N4O4S/c1-11-15(10-18-19(11)12-5-3-2-4-6-12)14-8-7-13(20(21)22)9-16(14)25(17,23)24/h2-10H,1H3,(H2,17,23,24). The Morgan fingerprint density at radius 1 is 1.12 bits per heavy atom. The zero-order valence-corrected chi connectivity index (χ0v) is 14.0. The average Bonchev–Trinajstić information content (AvgIpc) is 2.95. The van der Waals surface area contributed by atoms with E-state index >= 15 is 0 Å². The molecule has 0 aliphatic carbocycles. The van der Waals surface area contributed by atoms with E-state index in [1.54, 1.807) is 11.6 Å². The fourth-order valence-electron chi connectivity index (χ4n) is 2.59. The minimum Gasteiger partial charge on any atom is -0.258 e. The summed E-state index contributed by atoms with van der Waals surface area (Å²) >= 11 is 0. The smallest absolute Gasteiger partial charge is 0.258 e. The Balaban J connectivity index is 2.21. The van der Waals surface area contributed by atoms with Crippen LogP contribution in [0.4, 0.5) is 5.69 Å². The zero-order chi connectivity index (χ0) is 18.2. The lowest BCUT2D eigenvalue weighted by atomic mass is 10.1. The van der Waals surface area contributed by atoms with Crippen LogP contribution >= 0.6 is 0 Å². The predicted molar refractivity (Wildman–Crippen MR) is 91.8 cm³/mol. The Kier molecular flexibility index (Phi) is 4.11. The van der Waals surface area contributed by atoms with Crippen LogP contribution in [0.15, 0.2) is 59.6 Å². The van der Waals surface area contributed by atoms with E-state index in [1.807, 2.05) is 30.3 Å². The lowest BCUT2D eigenvalue weighted by Gasteiger charge is -2.09. The molecule has 8 nitrogen and oxygen atoms in total. The molecule has 3 rings (SSSR count). The molecule has 25 heavy (non-hydrogen) atoms. The van der Waals surface area contributed by atoms with Gasteiger partial charge < -0.3 is 0 Å². The topological polar surface area (TPSA) is 121 Å². The Hall–Kier alpha value is -3.04. The maximum absolute atomic E-state index is 11.9. The second kappa shape index (κ2) is 6.11. The molecule has 0 amide bonds. The summed E-state index contributed by atoms with van der Waals surface area (Å²) in [7, 11) is -4.15. The highest BCUT2D eigenvalue weighted by Gasteiger charge is 2.22. The molecule has 0 aliphatic heterocycles. The molecule has 1 heterocycles. The first-order chi connectivity index (χ1) is 11.8. The third kappa shape index (κ3) is 3.14. The van der Waals surface area contributed by atoms with Crippen molar-refractivity contribution >= 4 is 15.7 Å². The summed E-state index contributed by atoms with van der Waals surface area (Å²) in [6.45, 7) is 1.78. The van der Waals surface area contributed by atoms with Crippen LogP contribution in [0.5, 0.6) is 0 Å². The third-order valence-corrected chi connectivity index (χ3v) is 4.73. The molecule has 0 unspecified atom stereocenters. The van der Waals surface area contributed by atoms with Crippen LogP contribution in [0.2, 0.25) is 0 Å². The van der Waals surface area contributed by atoms with E-state index in [1.165, 1.54) is 18.3 Å². The first-order valence-corrected chi connectivity index (χ1v) is 8.75. The highest BCUT2D eigenvalue weighted by molar-refractivity contribution is 7.89. The normalized spacial score (nSPS) is 11.4. The number of aromatic nitrogens is 2. The van der Waals surface area contributed by atoms with Crippen molar-refractivity contribution in [2.75, 3.05) is 0 Å². The summed E-state index contributed by atoms with van der Waals surface area (Å²) < 4.78 is 25.5. The lowest BCUT2D eigenvalue weighted by Crippen LogP contribution is -2.14. The van der Waals surface area contributed by atoms with E-state index in [0.717, 1.165) is 11.8 Å². The number of nitro benzene ring substituents is 1. The molecular weight excluding hydrogens is 344 g/mol. The summed E-state index contributed by atoms with van der Waals surface area (Å²) in [5, 5.41) is 20.5. The summed E-state index contributed by atoms with van der Waals surface area (Å²) in [5.41, 5.74) is 1.95. The van der Waals surface area contributed by atoms with Crippen LogP contribution in [0.3, 0.4) is 0 Å². The van der Waals surface area contributed by atoms with Crippen molar-refractivity contribution in [2.24, 2.45) is 5.14 Å². The van der Waals surface area contributed by atoms with Crippen LogP contribution in [0, 0.1) is 17.0 Å². The number of para-hydroxylation sites is 1. The van der Waals surface area contributed by atoms with Crippen molar-refractivity contribution in [1.29, 1.82) is 0 Å². The molecule has 1 aromatic heterocycles. The fraction of sp³-hybridized carbons (Fsp3) is 0.0625. The number of non-ortho nitro benzene ring substituents is 1. The van der Waals surface area contributed by atoms with Gasteiger partial charge in [-0.3, -0.25) is 10.1 Å². The van der Waals surface area contributed by atoms with E-state index in [-0.39, 0.29) is 16.1 Å². The van der Waals surface area contributed by atoms with Crippen molar-refractivity contribution in [3.63, 3.8) is 0 Å². The molecule has 0 atom stereocenters. The van der Waals surface area contributed by atoms with E-state index in [4.69, 9.17) is 5.14 Å². The molecule has 0 fully saturated rings. The number of hydrogen-bond acceptors (Lipinski definition) is 5. The monoisotopic (exact) mass is 358 g/mol. The van der Waals surface area contributed by atoms with Crippen molar-refractivity contribution in [2.45, 2.75) is 11.8 Å². The van der Waals surface area contributed by atoms with Crippen molar-refractivity contribution in [1.82, 2.24) is 9.78 Å². The van der Waals surface area contributed by atoms with Gasteiger partial charge in [0.2, 0.25) is 10.0 Å². The molecule has 9 heteroatoms. The number of nitro groups is 1. The number of primary sulfonamides is 1. The quantitative estimate of drug-likeness (QED) is 0.567. The molecule has 2 N–H and O–H groups in total. The summed E-state index contributed by atoms with van der Waals surface area (Å²) in [4.78, 5) is 9.96. The Morgan fingerprint density at radius 2 is 1.80 bits per heavy atom. The number of nitrogens with two attached hydrogens (primary N) is 1. The van der Waals surface area contributed by atoms with Gasteiger partial charge in [-0.1, -0.05) is 18.2 Å². The third-order valence-electron chi connectivity index (χ3n) is 3.78. The first-order valence-electron chi connectivity index (χ1n) is 7.20.